The molecule has 3 fully saturated rings. The molecule has 7 atom stereocenters. The molecule has 5 nitrogen and oxygen atoms in total. The van der Waals surface area contributed by atoms with E-state index in [1.165, 1.54) is 6.08 Å². The highest BCUT2D eigenvalue weighted by atomic mass is 16.4. The second-order valence-corrected chi connectivity index (χ2v) is 9.52. The molecule has 0 aliphatic heterocycles. The number of aliphatic carboxylic acids is 1. The predicted octanol–water partition coefficient (Wildman–Crippen LogP) is 2.47. The van der Waals surface area contributed by atoms with Gasteiger partial charge in [0, 0.05) is 16.7 Å². The Labute approximate surface area is 153 Å². The highest BCUT2D eigenvalue weighted by Crippen LogP contribution is 2.66. The van der Waals surface area contributed by atoms with Gasteiger partial charge < -0.3 is 15.3 Å². The molecule has 4 aliphatic rings. The summed E-state index contributed by atoms with van der Waals surface area (Å²) in [6.45, 7) is 5.96. The van der Waals surface area contributed by atoms with E-state index in [1.54, 1.807) is 6.08 Å². The molecule has 0 aromatic carbocycles. The highest BCUT2D eigenvalue weighted by molar-refractivity contribution is 6.22. The Kier molecular flexibility index (Phi) is 3.65. The monoisotopic (exact) mass is 360 g/mol. The van der Waals surface area contributed by atoms with Gasteiger partial charge in [-0.1, -0.05) is 25.5 Å². The molecule has 0 aromatic heterocycles. The summed E-state index contributed by atoms with van der Waals surface area (Å²) in [5, 5.41) is 31.5. The number of rotatable bonds is 1. The summed E-state index contributed by atoms with van der Waals surface area (Å²) in [5.41, 5.74) is -0.961. The number of carbonyl (C=O) groups is 2. The Balaban J connectivity index is 1.79. The fourth-order valence-electron chi connectivity index (χ4n) is 6.82. The molecule has 0 aromatic rings. The van der Waals surface area contributed by atoms with Crippen molar-refractivity contribution in [2.45, 2.75) is 64.6 Å². The number of carboxylic acid groups (broad SMARTS) is 1. The van der Waals surface area contributed by atoms with Gasteiger partial charge in [0.15, 0.2) is 5.78 Å². The largest absolute Gasteiger partial charge is 0.478 e. The van der Waals surface area contributed by atoms with Gasteiger partial charge in [-0.05, 0) is 56.9 Å². The maximum Gasteiger partial charge on any atom is 0.339 e. The first-order chi connectivity index (χ1) is 12.0. The van der Waals surface area contributed by atoms with Crippen LogP contribution in [0.4, 0.5) is 0 Å². The summed E-state index contributed by atoms with van der Waals surface area (Å²) in [6.07, 6.45) is 6.27. The van der Waals surface area contributed by atoms with Crippen molar-refractivity contribution in [2.75, 3.05) is 0 Å². The summed E-state index contributed by atoms with van der Waals surface area (Å²) in [6, 6.07) is 0. The lowest BCUT2D eigenvalue weighted by Crippen LogP contribution is -2.58. The van der Waals surface area contributed by atoms with E-state index in [0.29, 0.717) is 12.3 Å². The van der Waals surface area contributed by atoms with Crippen LogP contribution in [-0.2, 0) is 9.59 Å². The minimum atomic E-state index is -1.20. The van der Waals surface area contributed by atoms with Crippen molar-refractivity contribution in [3.05, 3.63) is 23.3 Å². The van der Waals surface area contributed by atoms with Gasteiger partial charge in [0.05, 0.1) is 11.7 Å². The first-order valence-corrected chi connectivity index (χ1v) is 9.63. The van der Waals surface area contributed by atoms with E-state index >= 15 is 0 Å². The number of ketones is 1. The number of carbonyl (C=O) groups excluding carboxylic acids is 1. The lowest BCUT2D eigenvalue weighted by atomic mass is 9.46. The summed E-state index contributed by atoms with van der Waals surface area (Å²) in [4.78, 5) is 23.7. The Bertz CT molecular complexity index is 748. The van der Waals surface area contributed by atoms with Crippen molar-refractivity contribution in [1.82, 2.24) is 0 Å². The van der Waals surface area contributed by atoms with Gasteiger partial charge in [0.2, 0.25) is 0 Å². The standard InChI is InChI=1S/C21H28O5/c1-19-9-13(18(24)25)15(22)8-11(19)4-5-12-14-6-7-21(3,26)20(14,2)10-16(23)17(12)19/h8-9,12,14,16-17,23,26H,4-7,10H2,1-3H3,(H,24,25)/t12-,14-,16-,17?,19-,20-,21-/m0/s1. The van der Waals surface area contributed by atoms with Crippen LogP contribution in [-0.4, -0.2) is 38.8 Å². The van der Waals surface area contributed by atoms with Gasteiger partial charge >= 0.3 is 5.97 Å². The summed E-state index contributed by atoms with van der Waals surface area (Å²) in [7, 11) is 0. The van der Waals surface area contributed by atoms with E-state index in [9.17, 15) is 24.9 Å². The second kappa shape index (κ2) is 5.29. The average Bonchev–Trinajstić information content (AvgIpc) is 2.76. The van der Waals surface area contributed by atoms with Crippen LogP contribution in [0.5, 0.6) is 0 Å². The fraction of sp³-hybridized carbons (Fsp3) is 0.714. The second-order valence-electron chi connectivity index (χ2n) is 9.52. The van der Waals surface area contributed by atoms with Crippen LogP contribution < -0.4 is 0 Å². The number of carboxylic acids is 1. The van der Waals surface area contributed by atoms with Crippen LogP contribution in [0.15, 0.2) is 23.3 Å². The Morgan fingerprint density at radius 1 is 1.23 bits per heavy atom. The van der Waals surface area contributed by atoms with Crippen molar-refractivity contribution in [1.29, 1.82) is 0 Å². The number of aliphatic hydroxyl groups excluding tert-OH is 1. The van der Waals surface area contributed by atoms with E-state index in [2.05, 4.69) is 6.92 Å². The van der Waals surface area contributed by atoms with Crippen molar-refractivity contribution in [3.63, 3.8) is 0 Å². The third kappa shape index (κ3) is 2.10. The van der Waals surface area contributed by atoms with E-state index < -0.39 is 28.9 Å². The quantitative estimate of drug-likeness (QED) is 0.625. The van der Waals surface area contributed by atoms with Crippen molar-refractivity contribution in [3.8, 4) is 0 Å². The highest BCUT2D eigenvalue weighted by Gasteiger charge is 2.64. The average molecular weight is 360 g/mol. The molecule has 0 heterocycles. The smallest absolute Gasteiger partial charge is 0.339 e. The van der Waals surface area contributed by atoms with Gasteiger partial charge in [-0.3, -0.25) is 4.79 Å². The number of allylic oxidation sites excluding steroid dienone is 3. The van der Waals surface area contributed by atoms with Crippen LogP contribution >= 0.6 is 0 Å². The molecule has 0 saturated heterocycles. The first kappa shape index (κ1) is 17.9. The van der Waals surface area contributed by atoms with Gasteiger partial charge in [-0.2, -0.15) is 0 Å². The maximum atomic E-state index is 12.2. The molecular formula is C21H28O5. The molecule has 0 bridgehead atoms. The van der Waals surface area contributed by atoms with Crippen LogP contribution in [0.1, 0.15) is 52.9 Å². The lowest BCUT2D eigenvalue weighted by molar-refractivity contribution is -0.158. The van der Waals surface area contributed by atoms with Crippen molar-refractivity contribution < 1.29 is 24.9 Å². The molecule has 0 radical (unpaired) electrons. The lowest BCUT2D eigenvalue weighted by Gasteiger charge is -2.59. The van der Waals surface area contributed by atoms with Crippen LogP contribution in [0.2, 0.25) is 0 Å². The topological polar surface area (TPSA) is 94.8 Å². The fourth-order valence-corrected chi connectivity index (χ4v) is 6.82. The van der Waals surface area contributed by atoms with Gasteiger partial charge in [-0.25, -0.2) is 4.79 Å². The van der Waals surface area contributed by atoms with E-state index in [0.717, 1.165) is 31.3 Å². The summed E-state index contributed by atoms with van der Waals surface area (Å²) in [5.74, 6) is -1.23. The number of hydrogen-bond donors (Lipinski definition) is 3. The van der Waals surface area contributed by atoms with E-state index in [-0.39, 0.29) is 22.8 Å². The molecule has 3 N–H and O–H groups in total. The molecule has 26 heavy (non-hydrogen) atoms. The number of hydrogen-bond acceptors (Lipinski definition) is 4. The Morgan fingerprint density at radius 3 is 2.58 bits per heavy atom. The predicted molar refractivity (Wildman–Crippen MR) is 95.2 cm³/mol. The molecule has 3 saturated carbocycles. The SMILES string of the molecule is C[C@]12C=C(C(=O)O)C(=O)C=C1CC[C@@H]1C2[C@@H](O)C[C@@]2(C)[C@H]1CC[C@]2(C)O. The minimum absolute atomic E-state index is 0.114. The van der Waals surface area contributed by atoms with E-state index in [1.807, 2.05) is 13.8 Å². The molecule has 142 valence electrons. The van der Waals surface area contributed by atoms with E-state index in [4.69, 9.17) is 0 Å². The Hall–Kier alpha value is -1.46. The zero-order chi connectivity index (χ0) is 19.1. The van der Waals surface area contributed by atoms with Crippen LogP contribution in [0.3, 0.4) is 0 Å². The molecule has 0 spiro atoms. The van der Waals surface area contributed by atoms with Gasteiger partial charge in [-0.15, -0.1) is 0 Å². The molecular weight excluding hydrogens is 332 g/mol. The zero-order valence-electron chi connectivity index (χ0n) is 15.7. The number of aliphatic hydroxyl groups is 2. The molecule has 0 amide bonds. The third-order valence-corrected chi connectivity index (χ3v) is 8.39. The maximum absolute atomic E-state index is 12.2. The molecule has 4 rings (SSSR count). The van der Waals surface area contributed by atoms with Crippen LogP contribution in [0.25, 0.3) is 0 Å². The number of fused-ring (bicyclic) bond motifs is 5. The van der Waals surface area contributed by atoms with Crippen molar-refractivity contribution in [2.24, 2.45) is 28.6 Å². The van der Waals surface area contributed by atoms with Gasteiger partial charge in [0.1, 0.15) is 5.57 Å². The van der Waals surface area contributed by atoms with Crippen LogP contribution in [0, 0.1) is 28.6 Å². The molecule has 5 heteroatoms. The van der Waals surface area contributed by atoms with Crippen molar-refractivity contribution >= 4 is 11.8 Å². The zero-order valence-corrected chi connectivity index (χ0v) is 15.7. The van der Waals surface area contributed by atoms with Gasteiger partial charge in [0.25, 0.3) is 0 Å². The molecule has 4 aliphatic carbocycles. The summed E-state index contributed by atoms with van der Waals surface area (Å²) >= 11 is 0. The molecule has 1 unspecified atom stereocenters. The Morgan fingerprint density at radius 2 is 1.92 bits per heavy atom. The third-order valence-electron chi connectivity index (χ3n) is 8.39. The minimum Gasteiger partial charge on any atom is -0.478 e. The first-order valence-electron chi connectivity index (χ1n) is 9.63. The summed E-state index contributed by atoms with van der Waals surface area (Å²) < 4.78 is 0. The normalized spacial score (nSPS) is 50.3.